The van der Waals surface area contributed by atoms with Gasteiger partial charge in [0.1, 0.15) is 5.82 Å². The summed E-state index contributed by atoms with van der Waals surface area (Å²) in [5.74, 6) is -0.112. The molecule has 38 heavy (non-hydrogen) atoms. The molecule has 2 aliphatic rings. The van der Waals surface area contributed by atoms with Crippen LogP contribution in [-0.2, 0) is 16.4 Å². The highest BCUT2D eigenvalue weighted by Crippen LogP contribution is 2.32. The minimum Gasteiger partial charge on any atom is -0.398 e. The minimum absolute atomic E-state index is 0.121. The van der Waals surface area contributed by atoms with Crippen molar-refractivity contribution >= 4 is 15.7 Å². The van der Waals surface area contributed by atoms with Gasteiger partial charge in [-0.15, -0.1) is 0 Å². The lowest BCUT2D eigenvalue weighted by Crippen LogP contribution is -2.25. The second kappa shape index (κ2) is 13.3. The predicted molar refractivity (Wildman–Crippen MR) is 154 cm³/mol. The molecule has 0 amide bonds. The second-order valence-electron chi connectivity index (χ2n) is 10.6. The molecule has 4 rings (SSSR count). The Bertz CT molecular complexity index is 1270. The summed E-state index contributed by atoms with van der Waals surface area (Å²) in [5, 5.41) is 1.17. The molecule has 1 unspecified atom stereocenters. The monoisotopic (exact) mass is 537 g/mol. The van der Waals surface area contributed by atoms with E-state index in [9.17, 15) is 12.8 Å². The van der Waals surface area contributed by atoms with Crippen LogP contribution >= 0.6 is 0 Å². The molecule has 204 valence electrons. The third kappa shape index (κ3) is 8.11. The Morgan fingerprint density at radius 2 is 1.79 bits per heavy atom. The summed E-state index contributed by atoms with van der Waals surface area (Å²) < 4.78 is 42.4. The molecule has 5 nitrogen and oxygen atoms in total. The zero-order chi connectivity index (χ0) is 27.0. The average Bonchev–Trinajstić information content (AvgIpc) is 3.10. The van der Waals surface area contributed by atoms with Crippen LogP contribution in [0.2, 0.25) is 0 Å². The van der Waals surface area contributed by atoms with E-state index >= 15 is 0 Å². The first-order valence-electron chi connectivity index (χ1n) is 13.9. The Balaban J connectivity index is 1.62. The van der Waals surface area contributed by atoms with E-state index < -0.39 is 10.0 Å². The van der Waals surface area contributed by atoms with Crippen molar-refractivity contribution in [3.63, 3.8) is 0 Å². The van der Waals surface area contributed by atoms with Crippen LogP contribution in [0.4, 0.5) is 4.39 Å². The lowest BCUT2D eigenvalue weighted by Gasteiger charge is -2.25. The maximum absolute atomic E-state index is 14.0. The van der Waals surface area contributed by atoms with Gasteiger partial charge in [-0.2, -0.15) is 0 Å². The fraction of sp³-hybridized carbons (Fsp3) is 0.452. The number of nitrogens with one attached hydrogen (secondary N) is 1. The molecule has 2 fully saturated rings. The molecular weight excluding hydrogens is 497 g/mol. The summed E-state index contributed by atoms with van der Waals surface area (Å²) in [6, 6.07) is 16.1. The summed E-state index contributed by atoms with van der Waals surface area (Å²) in [5.41, 5.74) is 10.8. The summed E-state index contributed by atoms with van der Waals surface area (Å²) in [7, 11) is -3.71. The van der Waals surface area contributed by atoms with Crippen LogP contribution in [0.3, 0.4) is 0 Å². The van der Waals surface area contributed by atoms with Crippen LogP contribution in [0.15, 0.2) is 82.3 Å². The first-order chi connectivity index (χ1) is 18.3. The first-order valence-corrected chi connectivity index (χ1v) is 15.4. The van der Waals surface area contributed by atoms with E-state index in [2.05, 4.69) is 4.72 Å². The van der Waals surface area contributed by atoms with Gasteiger partial charge in [-0.25, -0.2) is 17.5 Å². The Morgan fingerprint density at radius 3 is 2.53 bits per heavy atom. The molecule has 2 atom stereocenters. The SMILES string of the molecule is C[C@H](NS(=O)(=O)/C=C/C(N)=C1CCCCC(Cc2cccc(F)c2)C1=NC1CCCCC1)c1ccccc1. The number of halogens is 1. The van der Waals surface area contributed by atoms with E-state index in [1.807, 2.05) is 43.3 Å². The summed E-state index contributed by atoms with van der Waals surface area (Å²) in [4.78, 5) is 5.28. The molecule has 2 aromatic carbocycles. The van der Waals surface area contributed by atoms with Gasteiger partial charge in [-0.3, -0.25) is 4.99 Å². The van der Waals surface area contributed by atoms with Gasteiger partial charge < -0.3 is 5.73 Å². The van der Waals surface area contributed by atoms with E-state index in [1.165, 1.54) is 36.8 Å². The number of aliphatic imine (C=N–C) groups is 1. The van der Waals surface area contributed by atoms with Gasteiger partial charge >= 0.3 is 0 Å². The van der Waals surface area contributed by atoms with E-state index in [1.54, 1.807) is 12.1 Å². The second-order valence-corrected chi connectivity index (χ2v) is 12.2. The molecule has 0 saturated heterocycles. The number of hydrogen-bond acceptors (Lipinski definition) is 4. The first kappa shape index (κ1) is 28.2. The smallest absolute Gasteiger partial charge is 0.234 e. The summed E-state index contributed by atoms with van der Waals surface area (Å²) in [6.07, 6.45) is 11.6. The molecule has 0 bridgehead atoms. The molecule has 2 aliphatic carbocycles. The topological polar surface area (TPSA) is 84.5 Å². The lowest BCUT2D eigenvalue weighted by atomic mass is 9.87. The quantitative estimate of drug-likeness (QED) is 0.366. The molecule has 3 N–H and O–H groups in total. The summed E-state index contributed by atoms with van der Waals surface area (Å²) >= 11 is 0. The van der Waals surface area contributed by atoms with Crippen molar-refractivity contribution in [1.29, 1.82) is 0 Å². The lowest BCUT2D eigenvalue weighted by molar-refractivity contribution is 0.440. The average molecular weight is 538 g/mol. The molecule has 2 aromatic rings. The van der Waals surface area contributed by atoms with Crippen molar-refractivity contribution in [2.24, 2.45) is 16.6 Å². The molecule has 0 heterocycles. The van der Waals surface area contributed by atoms with Crippen LogP contribution in [0.25, 0.3) is 0 Å². The largest absolute Gasteiger partial charge is 0.398 e. The van der Waals surface area contributed by atoms with Crippen molar-refractivity contribution in [3.05, 3.63) is 94.3 Å². The number of nitrogens with two attached hydrogens (primary N) is 1. The fourth-order valence-corrected chi connectivity index (χ4v) is 6.63. The van der Waals surface area contributed by atoms with Crippen LogP contribution in [-0.4, -0.2) is 20.2 Å². The standard InChI is InChI=1S/C31H40FN3O2S/c1-23(25-12-4-2-5-13-25)35-38(36,37)20-19-30(33)29-18-9-8-14-26(21-24-11-10-15-27(32)22-24)31(29)34-28-16-6-3-7-17-28/h2,4-5,10-13,15,19-20,22-23,26,28,35H,3,6-9,14,16-18,21,33H2,1H3/b20-19+,30-29?,34-31?/t23-,26?/m0/s1. The highest BCUT2D eigenvalue weighted by Gasteiger charge is 2.27. The molecular formula is C31H40FN3O2S. The molecule has 0 aliphatic heterocycles. The van der Waals surface area contributed by atoms with Gasteiger partial charge in [0.2, 0.25) is 10.0 Å². The third-order valence-electron chi connectivity index (χ3n) is 7.61. The highest BCUT2D eigenvalue weighted by atomic mass is 32.2. The van der Waals surface area contributed by atoms with Crippen LogP contribution in [0.1, 0.15) is 81.9 Å². The number of nitrogens with zero attached hydrogens (tertiary/aromatic N) is 1. The molecule has 0 spiro atoms. The maximum atomic E-state index is 14.0. The van der Waals surface area contributed by atoms with Crippen LogP contribution in [0.5, 0.6) is 0 Å². The predicted octanol–water partition coefficient (Wildman–Crippen LogP) is 6.74. The Kier molecular flexibility index (Phi) is 9.91. The Morgan fingerprint density at radius 1 is 1.05 bits per heavy atom. The number of allylic oxidation sites excluding steroid dienone is 2. The Hall–Kier alpha value is -2.77. The summed E-state index contributed by atoms with van der Waals surface area (Å²) in [6.45, 7) is 1.82. The van der Waals surface area contributed by atoms with Crippen LogP contribution < -0.4 is 10.5 Å². The van der Waals surface area contributed by atoms with Crippen molar-refractivity contribution in [1.82, 2.24) is 4.72 Å². The van der Waals surface area contributed by atoms with Crippen molar-refractivity contribution in [2.45, 2.75) is 83.2 Å². The fourth-order valence-electron chi connectivity index (χ4n) is 5.59. The zero-order valence-corrected chi connectivity index (χ0v) is 23.1. The van der Waals surface area contributed by atoms with Gasteiger partial charge in [-0.05, 0) is 80.4 Å². The van der Waals surface area contributed by atoms with Gasteiger partial charge in [-0.1, -0.05) is 68.1 Å². The van der Waals surface area contributed by atoms with Gasteiger partial charge in [0.25, 0.3) is 0 Å². The number of hydrogen-bond donors (Lipinski definition) is 2. The molecule has 0 aromatic heterocycles. The van der Waals surface area contributed by atoms with Gasteiger partial charge in [0.05, 0.1) is 6.04 Å². The van der Waals surface area contributed by atoms with Crippen molar-refractivity contribution < 1.29 is 12.8 Å². The molecule has 2 saturated carbocycles. The molecule has 7 heteroatoms. The van der Waals surface area contributed by atoms with E-state index in [4.69, 9.17) is 10.7 Å². The van der Waals surface area contributed by atoms with E-state index in [-0.39, 0.29) is 23.8 Å². The van der Waals surface area contributed by atoms with Crippen molar-refractivity contribution in [3.8, 4) is 0 Å². The van der Waals surface area contributed by atoms with E-state index in [0.717, 1.165) is 60.9 Å². The number of benzene rings is 2. The molecule has 0 radical (unpaired) electrons. The zero-order valence-electron chi connectivity index (χ0n) is 22.3. The highest BCUT2D eigenvalue weighted by molar-refractivity contribution is 7.92. The number of sulfonamides is 1. The Labute approximate surface area is 227 Å². The van der Waals surface area contributed by atoms with E-state index in [0.29, 0.717) is 12.1 Å². The maximum Gasteiger partial charge on any atom is 0.234 e. The van der Waals surface area contributed by atoms with Crippen LogP contribution in [0, 0.1) is 11.7 Å². The minimum atomic E-state index is -3.71. The van der Waals surface area contributed by atoms with Gasteiger partial charge in [0.15, 0.2) is 0 Å². The third-order valence-corrected chi connectivity index (χ3v) is 8.79. The number of rotatable bonds is 8. The normalized spacial score (nSPS) is 22.9. The van der Waals surface area contributed by atoms with Crippen molar-refractivity contribution in [2.75, 3.05) is 0 Å². The van der Waals surface area contributed by atoms with Gasteiger partial charge in [0, 0.05) is 28.8 Å².